The first-order chi connectivity index (χ1) is 24.5. The van der Waals surface area contributed by atoms with Crippen LogP contribution in [0, 0.1) is 0 Å². The third kappa shape index (κ3) is 5.06. The predicted octanol–water partition coefficient (Wildman–Crippen LogP) is 15.6. The third-order valence-corrected chi connectivity index (χ3v) is 11.1. The Bertz CT molecular complexity index is 2380. The van der Waals surface area contributed by atoms with Crippen molar-refractivity contribution in [3.63, 3.8) is 0 Å². The molecular formula is C46H26Cl4. The van der Waals surface area contributed by atoms with Gasteiger partial charge in [-0.2, -0.15) is 0 Å². The molecule has 50 heavy (non-hydrogen) atoms. The van der Waals surface area contributed by atoms with Crippen molar-refractivity contribution in [1.29, 1.82) is 0 Å². The Hall–Kier alpha value is -4.82. The summed E-state index contributed by atoms with van der Waals surface area (Å²) in [6.07, 6.45) is 0. The van der Waals surface area contributed by atoms with Crippen LogP contribution in [0.4, 0.5) is 0 Å². The zero-order valence-corrected chi connectivity index (χ0v) is 29.5. The van der Waals surface area contributed by atoms with Crippen molar-refractivity contribution in [2.45, 2.75) is 0 Å². The molecule has 0 unspecified atom stereocenters. The molecule has 238 valence electrons. The first-order valence-corrected chi connectivity index (χ1v) is 17.9. The Labute approximate surface area is 310 Å². The van der Waals surface area contributed by atoms with Gasteiger partial charge in [0.05, 0.1) is 20.1 Å². The first-order valence-electron chi connectivity index (χ1n) is 16.4. The maximum atomic E-state index is 6.82. The second-order valence-corrected chi connectivity index (χ2v) is 14.2. The van der Waals surface area contributed by atoms with Crippen LogP contribution in [0.5, 0.6) is 0 Å². The van der Waals surface area contributed by atoms with Crippen LogP contribution >= 0.6 is 46.4 Å². The highest BCUT2D eigenvalue weighted by molar-refractivity contribution is 6.44. The van der Waals surface area contributed by atoms with E-state index in [0.29, 0.717) is 20.1 Å². The Morgan fingerprint density at radius 1 is 0.220 bits per heavy atom. The van der Waals surface area contributed by atoms with Gasteiger partial charge in [0.1, 0.15) is 0 Å². The van der Waals surface area contributed by atoms with Crippen LogP contribution in [-0.4, -0.2) is 0 Å². The Kier molecular flexibility index (Phi) is 7.80. The van der Waals surface area contributed by atoms with Crippen LogP contribution in [0.1, 0.15) is 0 Å². The number of halogens is 4. The summed E-state index contributed by atoms with van der Waals surface area (Å²) in [5.41, 5.74) is 8.80. The molecule has 0 aromatic heterocycles. The summed E-state index contributed by atoms with van der Waals surface area (Å²) in [4.78, 5) is 0. The van der Waals surface area contributed by atoms with Crippen LogP contribution in [0.2, 0.25) is 20.1 Å². The molecule has 9 aromatic carbocycles. The Balaban J connectivity index is 1.61. The SMILES string of the molecule is Clc1cc2c(-c3ccccc3)c3cc4c(-c5ccccc5)c5cc(Cl)c(Cl)cc5c(-c5ccccc5)c4cc3c(-c3ccccc3)c2cc1Cl. The van der Waals surface area contributed by atoms with Gasteiger partial charge in [-0.15, -0.1) is 0 Å². The highest BCUT2D eigenvalue weighted by atomic mass is 35.5. The number of fused-ring (bicyclic) bond motifs is 4. The lowest BCUT2D eigenvalue weighted by Crippen LogP contribution is -1.95. The van der Waals surface area contributed by atoms with Crippen molar-refractivity contribution in [1.82, 2.24) is 0 Å². The van der Waals surface area contributed by atoms with E-state index in [-0.39, 0.29) is 0 Å². The normalized spacial score (nSPS) is 11.6. The van der Waals surface area contributed by atoms with Gasteiger partial charge in [0.15, 0.2) is 0 Å². The molecule has 0 N–H and O–H groups in total. The molecule has 0 aliphatic heterocycles. The summed E-state index contributed by atoms with van der Waals surface area (Å²) >= 11 is 27.3. The maximum absolute atomic E-state index is 6.82. The molecular weight excluding hydrogens is 694 g/mol. The molecule has 9 rings (SSSR count). The van der Waals surface area contributed by atoms with E-state index in [1.165, 1.54) is 0 Å². The van der Waals surface area contributed by atoms with E-state index >= 15 is 0 Å². The minimum atomic E-state index is 0.518. The smallest absolute Gasteiger partial charge is 0.0598 e. The predicted molar refractivity (Wildman–Crippen MR) is 218 cm³/mol. The van der Waals surface area contributed by atoms with Crippen LogP contribution in [0.15, 0.2) is 158 Å². The van der Waals surface area contributed by atoms with Crippen LogP contribution < -0.4 is 0 Å². The van der Waals surface area contributed by atoms with Crippen molar-refractivity contribution >= 4 is 89.5 Å². The van der Waals surface area contributed by atoms with E-state index in [4.69, 9.17) is 46.4 Å². The molecule has 0 radical (unpaired) electrons. The van der Waals surface area contributed by atoms with Gasteiger partial charge in [-0.1, -0.05) is 168 Å². The molecule has 0 aliphatic rings. The van der Waals surface area contributed by atoms with Crippen molar-refractivity contribution in [3.8, 4) is 44.5 Å². The molecule has 4 heteroatoms. The standard InChI is InChI=1S/C46H26Cl4/c47-39-23-35-36(24-40(39)48)44(28-15-7-2-8-16-28)32-22-34-33(21-31(32)43(35)27-13-5-1-6-14-27)45(29-17-9-3-10-18-29)37-25-41(49)42(50)26-38(37)46(34)30-19-11-4-12-20-30/h1-26H. The third-order valence-electron chi connectivity index (χ3n) is 9.68. The van der Waals surface area contributed by atoms with Crippen molar-refractivity contribution in [3.05, 3.63) is 178 Å². The van der Waals surface area contributed by atoms with Gasteiger partial charge in [-0.25, -0.2) is 0 Å². The monoisotopic (exact) mass is 718 g/mol. The fourth-order valence-corrected chi connectivity index (χ4v) is 8.25. The van der Waals surface area contributed by atoms with Crippen LogP contribution in [-0.2, 0) is 0 Å². The maximum Gasteiger partial charge on any atom is 0.0598 e. The van der Waals surface area contributed by atoms with Crippen molar-refractivity contribution in [2.75, 3.05) is 0 Å². The minimum Gasteiger partial charge on any atom is -0.0827 e. The second kappa shape index (κ2) is 12.5. The van der Waals surface area contributed by atoms with E-state index in [0.717, 1.165) is 87.6 Å². The van der Waals surface area contributed by atoms with E-state index in [2.05, 4.69) is 109 Å². The lowest BCUT2D eigenvalue weighted by molar-refractivity contribution is 1.64. The molecule has 0 bridgehead atoms. The molecule has 0 heterocycles. The second-order valence-electron chi connectivity index (χ2n) is 12.5. The van der Waals surface area contributed by atoms with Crippen molar-refractivity contribution < 1.29 is 0 Å². The van der Waals surface area contributed by atoms with Crippen LogP contribution in [0.25, 0.3) is 87.6 Å². The van der Waals surface area contributed by atoms with Gasteiger partial charge in [0.25, 0.3) is 0 Å². The van der Waals surface area contributed by atoms with E-state index < -0.39 is 0 Å². The number of rotatable bonds is 4. The molecule has 0 atom stereocenters. The Morgan fingerprint density at radius 2 is 0.400 bits per heavy atom. The molecule has 0 fully saturated rings. The number of hydrogen-bond acceptors (Lipinski definition) is 0. The van der Waals surface area contributed by atoms with Gasteiger partial charge >= 0.3 is 0 Å². The summed E-state index contributed by atoms with van der Waals surface area (Å²) < 4.78 is 0. The molecule has 0 saturated heterocycles. The first kappa shape index (κ1) is 31.2. The summed E-state index contributed by atoms with van der Waals surface area (Å²) in [6.45, 7) is 0. The topological polar surface area (TPSA) is 0 Å². The Morgan fingerprint density at radius 3 is 0.600 bits per heavy atom. The average molecular weight is 721 g/mol. The fourth-order valence-electron chi connectivity index (χ4n) is 7.59. The van der Waals surface area contributed by atoms with Gasteiger partial charge < -0.3 is 0 Å². The quantitative estimate of drug-likeness (QED) is 0.159. The summed E-state index contributed by atoms with van der Waals surface area (Å²) in [5, 5.41) is 10.7. The number of benzene rings is 9. The van der Waals surface area contributed by atoms with E-state index in [9.17, 15) is 0 Å². The largest absolute Gasteiger partial charge is 0.0827 e. The van der Waals surface area contributed by atoms with E-state index in [1.54, 1.807) is 0 Å². The van der Waals surface area contributed by atoms with Gasteiger partial charge in [-0.05, 0) is 124 Å². The average Bonchev–Trinajstić information content (AvgIpc) is 3.15. The molecule has 0 spiro atoms. The molecule has 0 saturated carbocycles. The summed E-state index contributed by atoms with van der Waals surface area (Å²) in [6, 6.07) is 55.0. The fraction of sp³-hybridized carbons (Fsp3) is 0. The highest BCUT2D eigenvalue weighted by Gasteiger charge is 2.23. The lowest BCUT2D eigenvalue weighted by Gasteiger charge is -2.23. The highest BCUT2D eigenvalue weighted by Crippen LogP contribution is 2.51. The number of hydrogen-bond donors (Lipinski definition) is 0. The van der Waals surface area contributed by atoms with Crippen LogP contribution in [0.3, 0.4) is 0 Å². The lowest BCUT2D eigenvalue weighted by atomic mass is 9.81. The minimum absolute atomic E-state index is 0.518. The molecule has 0 aliphatic carbocycles. The molecule has 0 amide bonds. The summed E-state index contributed by atoms with van der Waals surface area (Å²) in [5.74, 6) is 0. The molecule has 0 nitrogen and oxygen atoms in total. The van der Waals surface area contributed by atoms with Gasteiger partial charge in [0.2, 0.25) is 0 Å². The van der Waals surface area contributed by atoms with Crippen molar-refractivity contribution in [2.24, 2.45) is 0 Å². The van der Waals surface area contributed by atoms with Gasteiger partial charge in [0, 0.05) is 0 Å². The zero-order valence-electron chi connectivity index (χ0n) is 26.5. The zero-order chi connectivity index (χ0) is 33.9. The van der Waals surface area contributed by atoms with Gasteiger partial charge in [-0.3, -0.25) is 0 Å². The molecule has 9 aromatic rings. The summed E-state index contributed by atoms with van der Waals surface area (Å²) in [7, 11) is 0. The van der Waals surface area contributed by atoms with E-state index in [1.807, 2.05) is 48.5 Å².